The smallest absolute Gasteiger partial charge is 0.164 e. The van der Waals surface area contributed by atoms with E-state index < -0.39 is 0 Å². The largest absolute Gasteiger partial charge is 0.295 e. The Labute approximate surface area is 279 Å². The molecule has 0 fully saturated rings. The van der Waals surface area contributed by atoms with Crippen LogP contribution in [0, 0.1) is 0 Å². The maximum absolute atomic E-state index is 5.04. The highest BCUT2D eigenvalue weighted by Gasteiger charge is 2.39. The van der Waals surface area contributed by atoms with Crippen LogP contribution in [-0.4, -0.2) is 24.5 Å². The van der Waals surface area contributed by atoms with Gasteiger partial charge in [-0.2, -0.15) is 0 Å². The summed E-state index contributed by atoms with van der Waals surface area (Å²) in [4.78, 5) is 19.8. The zero-order chi connectivity index (χ0) is 32.2. The first-order valence-corrected chi connectivity index (χ1v) is 16.2. The van der Waals surface area contributed by atoms with Crippen LogP contribution in [0.2, 0.25) is 0 Å². The normalized spacial score (nSPS) is 13.0. The van der Waals surface area contributed by atoms with Crippen molar-refractivity contribution in [3.8, 4) is 62.1 Å². The minimum absolute atomic E-state index is 0.210. The summed E-state index contributed by atoms with van der Waals surface area (Å²) in [7, 11) is 0. The average molecular weight is 618 g/mol. The summed E-state index contributed by atoms with van der Waals surface area (Å²) in [5.74, 6) is 3.04. The van der Waals surface area contributed by atoms with Gasteiger partial charge in [0.15, 0.2) is 17.5 Å². The van der Waals surface area contributed by atoms with Gasteiger partial charge in [-0.15, -0.1) is 0 Å². The van der Waals surface area contributed by atoms with E-state index in [-0.39, 0.29) is 5.41 Å². The molecule has 0 N–H and O–H groups in total. The number of rotatable bonds is 5. The van der Waals surface area contributed by atoms with Crippen LogP contribution in [0.3, 0.4) is 0 Å². The lowest BCUT2D eigenvalue weighted by Gasteiger charge is -2.18. The van der Waals surface area contributed by atoms with E-state index in [1.807, 2.05) is 60.7 Å². The molecule has 0 radical (unpaired) electrons. The molecule has 0 unspecified atom stereocenters. The van der Waals surface area contributed by atoms with E-state index in [1.165, 1.54) is 22.4 Å². The van der Waals surface area contributed by atoms with Gasteiger partial charge in [0.05, 0.1) is 22.1 Å². The third-order valence-corrected chi connectivity index (χ3v) is 9.38. The van der Waals surface area contributed by atoms with E-state index in [4.69, 9.17) is 19.9 Å². The topological polar surface area (TPSA) is 56.5 Å². The van der Waals surface area contributed by atoms with Crippen LogP contribution in [0.5, 0.6) is 0 Å². The number of hydrogen-bond acceptors (Lipinski definition) is 4. The Morgan fingerprint density at radius 3 is 1.52 bits per heavy atom. The van der Waals surface area contributed by atoms with Crippen molar-refractivity contribution in [2.24, 2.45) is 0 Å². The monoisotopic (exact) mass is 617 g/mol. The van der Waals surface area contributed by atoms with E-state index in [2.05, 4.69) is 109 Å². The summed E-state index contributed by atoms with van der Waals surface area (Å²) >= 11 is 0. The lowest BCUT2D eigenvalue weighted by Crippen LogP contribution is -2.16. The average Bonchev–Trinajstić information content (AvgIpc) is 3.65. The zero-order valence-electron chi connectivity index (χ0n) is 26.7. The van der Waals surface area contributed by atoms with E-state index in [0.29, 0.717) is 17.5 Å². The summed E-state index contributed by atoms with van der Waals surface area (Å²) in [6.45, 7) is 4.55. The third kappa shape index (κ3) is 4.63. The predicted octanol–water partition coefficient (Wildman–Crippen LogP) is 10.2. The molecule has 0 aliphatic carbocycles. The Balaban J connectivity index is 1.10. The Kier molecular flexibility index (Phi) is 6.40. The Morgan fingerprint density at radius 1 is 0.417 bits per heavy atom. The van der Waals surface area contributed by atoms with Crippen LogP contribution in [0.4, 0.5) is 0 Å². The van der Waals surface area contributed by atoms with Crippen LogP contribution in [0.25, 0.3) is 73.1 Å². The molecule has 5 heteroatoms. The molecule has 9 rings (SSSR count). The van der Waals surface area contributed by atoms with Gasteiger partial charge in [-0.1, -0.05) is 115 Å². The summed E-state index contributed by atoms with van der Waals surface area (Å²) in [5.41, 5.74) is 11.9. The number of imidazole rings is 1. The SMILES string of the molecule is CC1(C)c2cc(-c3cccc(-c4cccc(-c5nc(-c6ccccc6)nc(-c6ccccc6)n5)c4)c3)ccc2-n2c1nc1ccccc12. The number of benzene rings is 6. The maximum Gasteiger partial charge on any atom is 0.164 e. The summed E-state index contributed by atoms with van der Waals surface area (Å²) in [6.07, 6.45) is 0. The molecule has 0 atom stereocenters. The minimum Gasteiger partial charge on any atom is -0.295 e. The summed E-state index contributed by atoms with van der Waals surface area (Å²) < 4.78 is 2.32. The second-order valence-corrected chi connectivity index (χ2v) is 12.8. The molecule has 0 saturated carbocycles. The van der Waals surface area contributed by atoms with Crippen molar-refractivity contribution in [1.29, 1.82) is 0 Å². The molecular weight excluding hydrogens is 587 g/mol. The van der Waals surface area contributed by atoms with E-state index in [0.717, 1.165) is 44.7 Å². The highest BCUT2D eigenvalue weighted by molar-refractivity contribution is 5.83. The molecule has 0 spiro atoms. The lowest BCUT2D eigenvalue weighted by molar-refractivity contribution is 0.621. The molecule has 2 aromatic heterocycles. The summed E-state index contributed by atoms with van der Waals surface area (Å²) in [5, 5.41) is 0. The van der Waals surface area contributed by atoms with Gasteiger partial charge in [-0.25, -0.2) is 19.9 Å². The molecule has 0 bridgehead atoms. The summed E-state index contributed by atoms with van der Waals surface area (Å²) in [6, 6.07) is 52.6. The van der Waals surface area contributed by atoms with E-state index in [1.54, 1.807) is 0 Å². The first-order valence-electron chi connectivity index (χ1n) is 16.2. The fraction of sp³-hybridized carbons (Fsp3) is 0.0698. The van der Waals surface area contributed by atoms with Gasteiger partial charge in [0.25, 0.3) is 0 Å². The number of hydrogen-bond donors (Lipinski definition) is 0. The van der Waals surface area contributed by atoms with Crippen LogP contribution in [0.15, 0.2) is 152 Å². The van der Waals surface area contributed by atoms with Crippen molar-refractivity contribution in [2.45, 2.75) is 19.3 Å². The molecule has 6 aromatic carbocycles. The van der Waals surface area contributed by atoms with Crippen molar-refractivity contribution in [3.05, 3.63) is 163 Å². The molecule has 228 valence electrons. The minimum atomic E-state index is -0.210. The van der Waals surface area contributed by atoms with Crippen molar-refractivity contribution in [3.63, 3.8) is 0 Å². The quantitative estimate of drug-likeness (QED) is 0.193. The molecule has 48 heavy (non-hydrogen) atoms. The second-order valence-electron chi connectivity index (χ2n) is 12.8. The van der Waals surface area contributed by atoms with Gasteiger partial charge in [0, 0.05) is 16.7 Å². The standard InChI is InChI=1S/C43H31N5/c1-43(2)35-27-33(23-24-37(35)48-38-22-10-9-21-36(38)44-42(43)48)31-18-11-17-30(25-31)32-19-12-20-34(26-32)41-46-39(28-13-5-3-6-14-28)45-40(47-41)29-15-7-4-8-16-29/h3-27H,1-2H3. The number of para-hydroxylation sites is 2. The predicted molar refractivity (Wildman–Crippen MR) is 194 cm³/mol. The van der Waals surface area contributed by atoms with Crippen LogP contribution in [0.1, 0.15) is 25.2 Å². The molecule has 3 heterocycles. The third-order valence-electron chi connectivity index (χ3n) is 9.38. The van der Waals surface area contributed by atoms with Crippen molar-refractivity contribution >= 4 is 11.0 Å². The molecule has 8 aromatic rings. The van der Waals surface area contributed by atoms with Gasteiger partial charge in [0.1, 0.15) is 5.82 Å². The van der Waals surface area contributed by atoms with E-state index in [9.17, 15) is 0 Å². The lowest BCUT2D eigenvalue weighted by atomic mass is 9.84. The zero-order valence-corrected chi connectivity index (χ0v) is 26.7. The Hall–Kier alpha value is -6.20. The van der Waals surface area contributed by atoms with Crippen LogP contribution < -0.4 is 0 Å². The van der Waals surface area contributed by atoms with Gasteiger partial charge < -0.3 is 0 Å². The van der Waals surface area contributed by atoms with Crippen LogP contribution in [-0.2, 0) is 5.41 Å². The molecular formula is C43H31N5. The molecule has 1 aliphatic rings. The number of aromatic nitrogens is 5. The Bertz CT molecular complexity index is 2420. The van der Waals surface area contributed by atoms with Crippen LogP contribution >= 0.6 is 0 Å². The van der Waals surface area contributed by atoms with Gasteiger partial charge >= 0.3 is 0 Å². The second kappa shape index (κ2) is 11.0. The van der Waals surface area contributed by atoms with Gasteiger partial charge in [-0.05, 0) is 78.1 Å². The molecule has 0 saturated heterocycles. The number of fused-ring (bicyclic) bond motifs is 5. The van der Waals surface area contributed by atoms with Gasteiger partial charge in [0.2, 0.25) is 0 Å². The number of nitrogens with zero attached hydrogens (tertiary/aromatic N) is 5. The van der Waals surface area contributed by atoms with E-state index >= 15 is 0 Å². The first-order chi connectivity index (χ1) is 23.5. The van der Waals surface area contributed by atoms with Crippen molar-refractivity contribution in [1.82, 2.24) is 24.5 Å². The molecule has 1 aliphatic heterocycles. The molecule has 5 nitrogen and oxygen atoms in total. The highest BCUT2D eigenvalue weighted by Crippen LogP contribution is 2.45. The van der Waals surface area contributed by atoms with Crippen molar-refractivity contribution < 1.29 is 0 Å². The Morgan fingerprint density at radius 2 is 0.896 bits per heavy atom. The fourth-order valence-corrected chi connectivity index (χ4v) is 6.87. The first kappa shape index (κ1) is 28.1. The molecule has 0 amide bonds. The van der Waals surface area contributed by atoms with Gasteiger partial charge in [-0.3, -0.25) is 4.57 Å². The maximum atomic E-state index is 5.04. The fourth-order valence-electron chi connectivity index (χ4n) is 6.87. The highest BCUT2D eigenvalue weighted by atomic mass is 15.1. The van der Waals surface area contributed by atoms with Crippen molar-refractivity contribution in [2.75, 3.05) is 0 Å².